The van der Waals surface area contributed by atoms with Gasteiger partial charge in [-0.15, -0.1) is 0 Å². The van der Waals surface area contributed by atoms with E-state index in [2.05, 4.69) is 27.3 Å². The predicted octanol–water partition coefficient (Wildman–Crippen LogP) is 0.669. The standard InChI is InChI=1S/C12H28N4O2S/c1-6-7-8-9-14-11(13-4)15-10-12(2,3)16-19(5,17)18/h16H,6-10H2,1-5H3,(H2,13,14,15). The maximum absolute atomic E-state index is 11.2. The molecule has 0 heterocycles. The number of unbranched alkanes of at least 4 members (excludes halogenated alkanes) is 2. The number of rotatable bonds is 8. The van der Waals surface area contributed by atoms with E-state index in [1.807, 2.05) is 13.8 Å². The van der Waals surface area contributed by atoms with E-state index in [-0.39, 0.29) is 0 Å². The number of hydrogen-bond acceptors (Lipinski definition) is 3. The number of hydrogen-bond donors (Lipinski definition) is 3. The Morgan fingerprint density at radius 3 is 2.32 bits per heavy atom. The third kappa shape index (κ3) is 10.8. The summed E-state index contributed by atoms with van der Waals surface area (Å²) in [5.41, 5.74) is -0.561. The number of guanidine groups is 1. The highest BCUT2D eigenvalue weighted by atomic mass is 32.2. The zero-order valence-corrected chi connectivity index (χ0v) is 13.5. The molecule has 0 bridgehead atoms. The molecule has 6 nitrogen and oxygen atoms in total. The lowest BCUT2D eigenvalue weighted by atomic mass is 10.1. The van der Waals surface area contributed by atoms with Gasteiger partial charge >= 0.3 is 0 Å². The SMILES string of the molecule is CCCCCNC(=NC)NCC(C)(C)NS(C)(=O)=O. The fourth-order valence-corrected chi connectivity index (χ4v) is 2.72. The van der Waals surface area contributed by atoms with Gasteiger partial charge in [0, 0.05) is 25.7 Å². The fraction of sp³-hybridized carbons (Fsp3) is 0.917. The molecule has 0 spiro atoms. The first-order valence-corrected chi connectivity index (χ1v) is 8.53. The number of sulfonamides is 1. The molecule has 0 aliphatic heterocycles. The molecule has 0 saturated heterocycles. The van der Waals surface area contributed by atoms with Crippen LogP contribution in [0, 0.1) is 0 Å². The molecule has 0 fully saturated rings. The minimum atomic E-state index is -3.21. The molecule has 0 aliphatic rings. The van der Waals surface area contributed by atoms with Crippen molar-refractivity contribution in [3.8, 4) is 0 Å². The molecule has 3 N–H and O–H groups in total. The monoisotopic (exact) mass is 292 g/mol. The second kappa shape index (κ2) is 8.37. The molecule has 0 aromatic heterocycles. The highest BCUT2D eigenvalue weighted by molar-refractivity contribution is 7.88. The van der Waals surface area contributed by atoms with Crippen LogP contribution in [0.3, 0.4) is 0 Å². The molecule has 0 atom stereocenters. The van der Waals surface area contributed by atoms with Crippen molar-refractivity contribution in [1.82, 2.24) is 15.4 Å². The first-order valence-electron chi connectivity index (χ1n) is 6.63. The molecule has 0 radical (unpaired) electrons. The second-order valence-corrected chi connectivity index (χ2v) is 7.07. The zero-order chi connectivity index (χ0) is 14.9. The van der Waals surface area contributed by atoms with Gasteiger partial charge in [0.15, 0.2) is 5.96 Å². The van der Waals surface area contributed by atoms with Crippen molar-refractivity contribution in [3.05, 3.63) is 0 Å². The van der Waals surface area contributed by atoms with Crippen molar-refractivity contribution >= 4 is 16.0 Å². The van der Waals surface area contributed by atoms with Crippen molar-refractivity contribution in [2.75, 3.05) is 26.4 Å². The van der Waals surface area contributed by atoms with Gasteiger partial charge in [-0.05, 0) is 20.3 Å². The van der Waals surface area contributed by atoms with Gasteiger partial charge in [0.25, 0.3) is 0 Å². The highest BCUT2D eigenvalue weighted by Gasteiger charge is 2.22. The van der Waals surface area contributed by atoms with E-state index >= 15 is 0 Å². The van der Waals surface area contributed by atoms with Crippen LogP contribution in [-0.4, -0.2) is 46.3 Å². The molecule has 7 heteroatoms. The Morgan fingerprint density at radius 2 is 1.84 bits per heavy atom. The van der Waals surface area contributed by atoms with Gasteiger partial charge in [-0.25, -0.2) is 13.1 Å². The van der Waals surface area contributed by atoms with E-state index in [9.17, 15) is 8.42 Å². The molecule has 0 unspecified atom stereocenters. The third-order valence-electron chi connectivity index (χ3n) is 2.46. The molecular formula is C12H28N4O2S. The Hall–Kier alpha value is -0.820. The van der Waals surface area contributed by atoms with Gasteiger partial charge in [0.1, 0.15) is 0 Å². The van der Waals surface area contributed by atoms with E-state index in [4.69, 9.17) is 0 Å². The fourth-order valence-electron chi connectivity index (χ4n) is 1.65. The summed E-state index contributed by atoms with van der Waals surface area (Å²) in [7, 11) is -1.51. The van der Waals surface area contributed by atoms with Crippen LogP contribution in [0.4, 0.5) is 0 Å². The Kier molecular flexibility index (Phi) is 8.01. The van der Waals surface area contributed by atoms with Gasteiger partial charge in [-0.3, -0.25) is 4.99 Å². The molecule has 0 amide bonds. The van der Waals surface area contributed by atoms with Crippen LogP contribution in [0.25, 0.3) is 0 Å². The Balaban J connectivity index is 4.13. The lowest BCUT2D eigenvalue weighted by Gasteiger charge is -2.26. The highest BCUT2D eigenvalue weighted by Crippen LogP contribution is 2.01. The van der Waals surface area contributed by atoms with Crippen molar-refractivity contribution in [2.45, 2.75) is 45.6 Å². The third-order valence-corrected chi connectivity index (χ3v) is 3.38. The smallest absolute Gasteiger partial charge is 0.209 e. The molecule has 19 heavy (non-hydrogen) atoms. The predicted molar refractivity (Wildman–Crippen MR) is 80.9 cm³/mol. The lowest BCUT2D eigenvalue weighted by molar-refractivity contribution is 0.446. The zero-order valence-electron chi connectivity index (χ0n) is 12.7. The van der Waals surface area contributed by atoms with Gasteiger partial charge < -0.3 is 10.6 Å². The molecule has 0 aliphatic carbocycles. The lowest BCUT2D eigenvalue weighted by Crippen LogP contribution is -2.53. The van der Waals surface area contributed by atoms with E-state index in [1.165, 1.54) is 12.8 Å². The van der Waals surface area contributed by atoms with Gasteiger partial charge in [-0.1, -0.05) is 19.8 Å². The van der Waals surface area contributed by atoms with Crippen molar-refractivity contribution < 1.29 is 8.42 Å². The van der Waals surface area contributed by atoms with Crippen LogP contribution < -0.4 is 15.4 Å². The van der Waals surface area contributed by atoms with Crippen LogP contribution in [0.15, 0.2) is 4.99 Å². The first kappa shape index (κ1) is 18.2. The molecule has 0 rings (SSSR count). The Labute approximate surface area is 117 Å². The topological polar surface area (TPSA) is 82.6 Å². The molecule has 114 valence electrons. The number of nitrogens with one attached hydrogen (secondary N) is 3. The van der Waals surface area contributed by atoms with Crippen LogP contribution >= 0.6 is 0 Å². The van der Waals surface area contributed by atoms with Crippen LogP contribution in [-0.2, 0) is 10.0 Å². The quantitative estimate of drug-likeness (QED) is 0.349. The molecule has 0 aromatic carbocycles. The van der Waals surface area contributed by atoms with Crippen molar-refractivity contribution in [2.24, 2.45) is 4.99 Å². The minimum absolute atomic E-state index is 0.466. The average Bonchev–Trinajstić information content (AvgIpc) is 2.25. The van der Waals surface area contributed by atoms with E-state index in [1.54, 1.807) is 7.05 Å². The minimum Gasteiger partial charge on any atom is -0.356 e. The van der Waals surface area contributed by atoms with E-state index in [0.29, 0.717) is 12.5 Å². The summed E-state index contributed by atoms with van der Waals surface area (Å²) in [6.07, 6.45) is 4.62. The number of aliphatic imine (C=N–C) groups is 1. The van der Waals surface area contributed by atoms with Crippen molar-refractivity contribution in [3.63, 3.8) is 0 Å². The Bertz CT molecular complexity index is 377. The van der Waals surface area contributed by atoms with Gasteiger partial charge in [-0.2, -0.15) is 0 Å². The summed E-state index contributed by atoms with van der Waals surface area (Å²) in [6.45, 7) is 7.14. The van der Waals surface area contributed by atoms with Crippen molar-refractivity contribution in [1.29, 1.82) is 0 Å². The first-order chi connectivity index (χ1) is 8.70. The normalized spacial score (nSPS) is 13.4. The van der Waals surface area contributed by atoms with Crippen LogP contribution in [0.2, 0.25) is 0 Å². The molecular weight excluding hydrogens is 264 g/mol. The molecule has 0 saturated carbocycles. The second-order valence-electron chi connectivity index (χ2n) is 5.32. The summed E-state index contributed by atoms with van der Waals surface area (Å²) in [5, 5.41) is 6.32. The largest absolute Gasteiger partial charge is 0.356 e. The summed E-state index contributed by atoms with van der Waals surface area (Å²) >= 11 is 0. The van der Waals surface area contributed by atoms with Gasteiger partial charge in [0.05, 0.1) is 6.26 Å². The summed E-state index contributed by atoms with van der Waals surface area (Å²) in [6, 6.07) is 0. The summed E-state index contributed by atoms with van der Waals surface area (Å²) in [4.78, 5) is 4.10. The maximum atomic E-state index is 11.2. The number of nitrogens with zero attached hydrogens (tertiary/aromatic N) is 1. The van der Waals surface area contributed by atoms with Crippen LogP contribution in [0.1, 0.15) is 40.0 Å². The summed E-state index contributed by atoms with van der Waals surface area (Å²) in [5.74, 6) is 0.694. The maximum Gasteiger partial charge on any atom is 0.209 e. The summed E-state index contributed by atoms with van der Waals surface area (Å²) < 4.78 is 25.0. The van der Waals surface area contributed by atoms with Gasteiger partial charge in [0.2, 0.25) is 10.0 Å². The molecule has 0 aromatic rings. The van der Waals surface area contributed by atoms with E-state index < -0.39 is 15.6 Å². The van der Waals surface area contributed by atoms with Crippen LogP contribution in [0.5, 0.6) is 0 Å². The average molecular weight is 292 g/mol. The Morgan fingerprint density at radius 1 is 1.21 bits per heavy atom. The van der Waals surface area contributed by atoms with E-state index in [0.717, 1.165) is 19.2 Å².